The highest BCUT2D eigenvalue weighted by Gasteiger charge is 2.58. The fourth-order valence-corrected chi connectivity index (χ4v) is 9.31. The largest absolute Gasteiger partial charge is 1.00 e. The second-order valence-electron chi connectivity index (χ2n) is 10.4. The zero-order valence-electron chi connectivity index (χ0n) is 22.6. The first-order chi connectivity index (χ1) is 16.7. The van der Waals surface area contributed by atoms with Gasteiger partial charge in [-0.1, -0.05) is 96.1 Å². The van der Waals surface area contributed by atoms with Gasteiger partial charge in [0.2, 0.25) is 0 Å². The fourth-order valence-electron chi connectivity index (χ4n) is 4.30. The van der Waals surface area contributed by atoms with Crippen molar-refractivity contribution in [2.24, 2.45) is 17.8 Å². The Labute approximate surface area is 235 Å². The Morgan fingerprint density at radius 1 is 0.500 bits per heavy atom. The van der Waals surface area contributed by atoms with E-state index >= 15 is 0 Å². The van der Waals surface area contributed by atoms with E-state index < -0.39 is 7.07 Å². The zero-order chi connectivity index (χ0) is 25.4. The summed E-state index contributed by atoms with van der Waals surface area (Å²) in [6.07, 6.45) is 0. The Morgan fingerprint density at radius 3 is 0.917 bits per heavy atom. The molecule has 0 aliphatic carbocycles. The van der Waals surface area contributed by atoms with Gasteiger partial charge in [0.25, 0.3) is 0 Å². The quantitative estimate of drug-likeness (QED) is 0.226. The van der Waals surface area contributed by atoms with Crippen molar-refractivity contribution in [3.05, 3.63) is 91.0 Å². The van der Waals surface area contributed by atoms with Crippen LogP contribution in [0.3, 0.4) is 0 Å². The van der Waals surface area contributed by atoms with Crippen LogP contribution in [0.25, 0.3) is 0 Å². The Balaban J connectivity index is 0.00000456. The number of benzene rings is 3. The number of hydrogen-bond donors (Lipinski definition) is 0. The summed E-state index contributed by atoms with van der Waals surface area (Å²) < 4.78 is 7.51. The monoisotopic (exact) mass is 589 g/mol. The maximum absolute atomic E-state index is 8.26. The van der Waals surface area contributed by atoms with Crippen molar-refractivity contribution in [2.75, 3.05) is 33.6 Å². The Morgan fingerprint density at radius 2 is 0.722 bits per heavy atom. The lowest BCUT2D eigenvalue weighted by atomic mass is 10.2. The Hall–Kier alpha value is -1.74. The molecule has 0 N–H and O–H groups in total. The molecule has 0 saturated heterocycles. The highest BCUT2D eigenvalue weighted by atomic mass is 79.9. The van der Waals surface area contributed by atoms with E-state index in [1.165, 1.54) is 17.1 Å². The summed E-state index contributed by atoms with van der Waals surface area (Å²) in [5.41, 5.74) is 3.50. The minimum Gasteiger partial charge on any atom is -1.00 e. The molecule has 0 fully saturated rings. The first kappa shape index (κ1) is 30.5. The molecular formula is C30H42BrClN3P. The lowest BCUT2D eigenvalue weighted by molar-refractivity contribution is -0.00000748. The van der Waals surface area contributed by atoms with Crippen LogP contribution in [0.4, 0.5) is 17.1 Å². The number of hydrogen-bond acceptors (Lipinski definition) is 3. The van der Waals surface area contributed by atoms with Crippen LogP contribution in [0, 0.1) is 17.8 Å². The smallest absolute Gasteiger partial charge is 0.402 e. The number of rotatable bonds is 12. The number of halogens is 2. The van der Waals surface area contributed by atoms with E-state index in [4.69, 9.17) is 11.2 Å². The van der Waals surface area contributed by atoms with Gasteiger partial charge in [-0.2, -0.15) is 14.0 Å². The molecule has 0 saturated carbocycles. The standard InChI is InChI=1S/C30H42ClN3P.BrH/c1-25(2)22-32(28-16-10-7-11-17-28)35(31,33(23-26(3)4)29-18-12-8-13-19-29)34(24-27(5)6)30-20-14-9-15-21-30;/h7-21,25-27H,22-24H2,1-6H3;1H/q+1;/p-1. The van der Waals surface area contributed by atoms with Crippen molar-refractivity contribution < 1.29 is 17.0 Å². The summed E-state index contributed by atoms with van der Waals surface area (Å²) in [6, 6.07) is 32.2. The van der Waals surface area contributed by atoms with Crippen LogP contribution in [-0.2, 0) is 0 Å². The minimum atomic E-state index is -2.65. The van der Waals surface area contributed by atoms with E-state index in [9.17, 15) is 0 Å². The van der Waals surface area contributed by atoms with E-state index in [-0.39, 0.29) is 17.0 Å². The van der Waals surface area contributed by atoms with Crippen LogP contribution in [0.1, 0.15) is 41.5 Å². The van der Waals surface area contributed by atoms with Gasteiger partial charge in [0.1, 0.15) is 0 Å². The molecule has 6 heteroatoms. The van der Waals surface area contributed by atoms with Crippen LogP contribution in [0.5, 0.6) is 0 Å². The second kappa shape index (κ2) is 14.3. The summed E-state index contributed by atoms with van der Waals surface area (Å²) in [5, 5.41) is 0. The molecule has 0 bridgehead atoms. The van der Waals surface area contributed by atoms with E-state index in [1.54, 1.807) is 0 Å². The molecule has 3 aromatic rings. The summed E-state index contributed by atoms with van der Waals surface area (Å²) in [5.74, 6) is 1.34. The lowest BCUT2D eigenvalue weighted by Crippen LogP contribution is -3.00. The van der Waals surface area contributed by atoms with E-state index in [1.807, 2.05) is 0 Å². The van der Waals surface area contributed by atoms with Gasteiger partial charge >= 0.3 is 7.07 Å². The van der Waals surface area contributed by atoms with Crippen LogP contribution in [0.2, 0.25) is 0 Å². The van der Waals surface area contributed by atoms with Crippen molar-refractivity contribution in [1.82, 2.24) is 0 Å². The van der Waals surface area contributed by atoms with Gasteiger partial charge in [0.15, 0.2) is 11.2 Å². The van der Waals surface area contributed by atoms with Crippen molar-refractivity contribution in [3.8, 4) is 0 Å². The molecule has 0 amide bonds. The van der Waals surface area contributed by atoms with Crippen molar-refractivity contribution >= 4 is 35.4 Å². The van der Waals surface area contributed by atoms with Gasteiger partial charge in [-0.3, -0.25) is 0 Å². The molecule has 3 nitrogen and oxygen atoms in total. The molecular weight excluding hydrogens is 549 g/mol. The zero-order valence-corrected chi connectivity index (χ0v) is 25.8. The predicted octanol–water partition coefficient (Wildman–Crippen LogP) is 6.39. The third-order valence-corrected chi connectivity index (χ3v) is 10.4. The van der Waals surface area contributed by atoms with E-state index in [2.05, 4.69) is 147 Å². The molecule has 0 spiro atoms. The molecule has 0 radical (unpaired) electrons. The highest BCUT2D eigenvalue weighted by Crippen LogP contribution is 2.74. The molecule has 0 unspecified atom stereocenters. The molecule has 0 aromatic heterocycles. The van der Waals surface area contributed by atoms with Gasteiger partial charge < -0.3 is 17.0 Å². The summed E-state index contributed by atoms with van der Waals surface area (Å²) >= 11 is 8.26. The minimum absolute atomic E-state index is 0. The topological polar surface area (TPSA) is 9.72 Å². The summed E-state index contributed by atoms with van der Waals surface area (Å²) in [6.45, 7) is 16.3. The average Bonchev–Trinajstić information content (AvgIpc) is 2.85. The molecule has 0 aliphatic rings. The number of nitrogens with zero attached hydrogens (tertiary/aromatic N) is 3. The van der Waals surface area contributed by atoms with E-state index in [0.717, 1.165) is 19.6 Å². The summed E-state index contributed by atoms with van der Waals surface area (Å²) in [4.78, 5) is 0. The molecule has 0 aliphatic heterocycles. The van der Waals surface area contributed by atoms with Gasteiger partial charge in [-0.25, -0.2) is 0 Å². The Bertz CT molecular complexity index is 873. The van der Waals surface area contributed by atoms with Crippen molar-refractivity contribution in [3.63, 3.8) is 0 Å². The fraction of sp³-hybridized carbons (Fsp3) is 0.400. The first-order valence-corrected chi connectivity index (χ1v) is 15.4. The Kier molecular flexibility index (Phi) is 12.1. The maximum atomic E-state index is 8.26. The lowest BCUT2D eigenvalue weighted by Gasteiger charge is -2.46. The van der Waals surface area contributed by atoms with Gasteiger partial charge in [-0.15, -0.1) is 0 Å². The van der Waals surface area contributed by atoms with Gasteiger partial charge in [0, 0.05) is 0 Å². The van der Waals surface area contributed by atoms with E-state index in [0.29, 0.717) is 17.8 Å². The number of para-hydroxylation sites is 3. The second-order valence-corrected chi connectivity index (χ2v) is 14.2. The van der Waals surface area contributed by atoms with Gasteiger partial charge in [-0.05, 0) is 54.2 Å². The van der Waals surface area contributed by atoms with Crippen molar-refractivity contribution in [1.29, 1.82) is 0 Å². The van der Waals surface area contributed by atoms with Gasteiger partial charge in [0.05, 0.1) is 36.7 Å². The van der Waals surface area contributed by atoms with Crippen LogP contribution >= 0.6 is 18.3 Å². The maximum Gasteiger partial charge on any atom is 0.402 e. The normalized spacial score (nSPS) is 11.5. The third kappa shape index (κ3) is 7.63. The number of anilines is 3. The molecule has 0 atom stereocenters. The van der Waals surface area contributed by atoms with Crippen LogP contribution < -0.4 is 31.0 Å². The molecule has 3 rings (SSSR count). The highest BCUT2D eigenvalue weighted by molar-refractivity contribution is 8.02. The molecule has 3 aromatic carbocycles. The van der Waals surface area contributed by atoms with Crippen LogP contribution in [0.15, 0.2) is 91.0 Å². The molecule has 0 heterocycles. The molecule has 36 heavy (non-hydrogen) atoms. The van der Waals surface area contributed by atoms with Crippen molar-refractivity contribution in [2.45, 2.75) is 41.5 Å². The molecule has 196 valence electrons. The summed E-state index contributed by atoms with van der Waals surface area (Å²) in [7, 11) is -2.65. The predicted molar refractivity (Wildman–Crippen MR) is 159 cm³/mol. The third-order valence-electron chi connectivity index (χ3n) is 5.70. The SMILES string of the molecule is CC(C)CN(c1ccccc1)[P+](Cl)(N(CC(C)C)c1ccccc1)N(CC(C)C)c1ccccc1.[Br-]. The van der Waals surface area contributed by atoms with Crippen LogP contribution in [-0.4, -0.2) is 19.6 Å². The first-order valence-electron chi connectivity index (χ1n) is 12.8. The average molecular weight is 591 g/mol.